The van der Waals surface area contributed by atoms with Crippen molar-refractivity contribution < 1.29 is 14.6 Å². The zero-order valence-corrected chi connectivity index (χ0v) is 12.0. The molecule has 1 fully saturated rings. The van der Waals surface area contributed by atoms with Crippen LogP contribution in [0.15, 0.2) is 28.1 Å². The Morgan fingerprint density at radius 1 is 1.39 bits per heavy atom. The molecule has 2 atom stereocenters. The molecule has 0 radical (unpaired) electrons. The molecule has 1 aliphatic rings. The number of rotatable bonds is 2. The van der Waals surface area contributed by atoms with E-state index in [4.69, 9.17) is 9.47 Å². The number of halogens is 1. The Kier molecular flexibility index (Phi) is 3.68. The van der Waals surface area contributed by atoms with Crippen molar-refractivity contribution in [2.24, 2.45) is 0 Å². The lowest BCUT2D eigenvalue weighted by atomic mass is 10.0. The van der Waals surface area contributed by atoms with Crippen LogP contribution in [0, 0.1) is 0 Å². The van der Waals surface area contributed by atoms with Gasteiger partial charge in [0.2, 0.25) is 0 Å². The SMILES string of the molecule is OC(c1csc2c(Br)cccc12)C1COCCO1. The lowest BCUT2D eigenvalue weighted by Crippen LogP contribution is -2.33. The van der Waals surface area contributed by atoms with Gasteiger partial charge in [-0.3, -0.25) is 0 Å². The van der Waals surface area contributed by atoms with E-state index in [1.54, 1.807) is 11.3 Å². The van der Waals surface area contributed by atoms with Crippen LogP contribution in [0.3, 0.4) is 0 Å². The van der Waals surface area contributed by atoms with Crippen molar-refractivity contribution in [3.63, 3.8) is 0 Å². The highest BCUT2D eigenvalue weighted by molar-refractivity contribution is 9.10. The summed E-state index contributed by atoms with van der Waals surface area (Å²) in [6.45, 7) is 1.61. The van der Waals surface area contributed by atoms with E-state index in [0.29, 0.717) is 19.8 Å². The molecule has 0 aliphatic carbocycles. The fraction of sp³-hybridized carbons (Fsp3) is 0.385. The van der Waals surface area contributed by atoms with Gasteiger partial charge in [0.1, 0.15) is 12.2 Å². The van der Waals surface area contributed by atoms with Crippen LogP contribution in [0.5, 0.6) is 0 Å². The van der Waals surface area contributed by atoms with E-state index in [9.17, 15) is 5.11 Å². The smallest absolute Gasteiger partial charge is 0.111 e. The Labute approximate surface area is 117 Å². The van der Waals surface area contributed by atoms with Crippen molar-refractivity contribution in [1.82, 2.24) is 0 Å². The van der Waals surface area contributed by atoms with Gasteiger partial charge >= 0.3 is 0 Å². The molecule has 3 rings (SSSR count). The summed E-state index contributed by atoms with van der Waals surface area (Å²) in [6.07, 6.45) is -0.899. The molecule has 1 aromatic carbocycles. The monoisotopic (exact) mass is 328 g/mol. The Morgan fingerprint density at radius 2 is 2.28 bits per heavy atom. The van der Waals surface area contributed by atoms with E-state index in [1.165, 1.54) is 0 Å². The Bertz CT molecular complexity index is 548. The normalized spacial score (nSPS) is 22.2. The van der Waals surface area contributed by atoms with Gasteiger partial charge in [0, 0.05) is 14.7 Å². The van der Waals surface area contributed by atoms with Crippen LogP contribution >= 0.6 is 27.3 Å². The molecular weight excluding hydrogens is 316 g/mol. The zero-order chi connectivity index (χ0) is 12.5. The van der Waals surface area contributed by atoms with Crippen molar-refractivity contribution in [3.8, 4) is 0 Å². The van der Waals surface area contributed by atoms with Gasteiger partial charge < -0.3 is 14.6 Å². The number of hydrogen-bond acceptors (Lipinski definition) is 4. The number of thiophene rings is 1. The molecule has 0 bridgehead atoms. The minimum absolute atomic E-state index is 0.268. The van der Waals surface area contributed by atoms with Crippen LogP contribution in [0.2, 0.25) is 0 Å². The van der Waals surface area contributed by atoms with Crippen LogP contribution in [0.4, 0.5) is 0 Å². The summed E-state index contributed by atoms with van der Waals surface area (Å²) < 4.78 is 13.1. The highest BCUT2D eigenvalue weighted by Gasteiger charge is 2.26. The average Bonchev–Trinajstić information content (AvgIpc) is 2.84. The first-order chi connectivity index (χ1) is 8.77. The number of aliphatic hydroxyl groups excluding tert-OH is 1. The van der Waals surface area contributed by atoms with Gasteiger partial charge in [-0.2, -0.15) is 0 Å². The summed E-state index contributed by atoms with van der Waals surface area (Å²) in [5.74, 6) is 0. The summed E-state index contributed by atoms with van der Waals surface area (Å²) in [5, 5.41) is 13.5. The van der Waals surface area contributed by atoms with E-state index in [0.717, 1.165) is 20.1 Å². The highest BCUT2D eigenvalue weighted by atomic mass is 79.9. The van der Waals surface area contributed by atoms with E-state index in [2.05, 4.69) is 15.9 Å². The Balaban J connectivity index is 1.96. The average molecular weight is 329 g/mol. The van der Waals surface area contributed by atoms with Crippen molar-refractivity contribution in [3.05, 3.63) is 33.6 Å². The molecule has 0 saturated carbocycles. The predicted molar refractivity (Wildman–Crippen MR) is 75.0 cm³/mol. The first-order valence-corrected chi connectivity index (χ1v) is 7.47. The van der Waals surface area contributed by atoms with Gasteiger partial charge in [-0.25, -0.2) is 0 Å². The van der Waals surface area contributed by atoms with Gasteiger partial charge in [0.05, 0.1) is 19.8 Å². The lowest BCUT2D eigenvalue weighted by molar-refractivity contribution is -0.133. The van der Waals surface area contributed by atoms with E-state index >= 15 is 0 Å². The summed E-state index contributed by atoms with van der Waals surface area (Å²) in [7, 11) is 0. The molecular formula is C13H13BrO3S. The van der Waals surface area contributed by atoms with Gasteiger partial charge in [-0.05, 0) is 32.8 Å². The summed E-state index contributed by atoms with van der Waals surface area (Å²) in [5.41, 5.74) is 0.923. The van der Waals surface area contributed by atoms with Crippen LogP contribution in [0.25, 0.3) is 10.1 Å². The fourth-order valence-electron chi connectivity index (χ4n) is 2.16. The predicted octanol–water partition coefficient (Wildman–Crippen LogP) is 3.11. The summed E-state index contributed by atoms with van der Waals surface area (Å²) in [6, 6.07) is 6.02. The number of benzene rings is 1. The first-order valence-electron chi connectivity index (χ1n) is 5.80. The second kappa shape index (κ2) is 5.27. The molecule has 18 heavy (non-hydrogen) atoms. The van der Waals surface area contributed by atoms with Crippen molar-refractivity contribution >= 4 is 37.4 Å². The molecule has 2 aromatic rings. The van der Waals surface area contributed by atoms with Crippen molar-refractivity contribution in [1.29, 1.82) is 0 Å². The molecule has 1 aliphatic heterocycles. The summed E-state index contributed by atoms with van der Waals surface area (Å²) >= 11 is 5.16. The number of aliphatic hydroxyl groups is 1. The Hall–Kier alpha value is -0.460. The number of ether oxygens (including phenoxy) is 2. The maximum atomic E-state index is 10.4. The second-order valence-corrected chi connectivity index (χ2v) is 5.97. The molecule has 1 aromatic heterocycles. The zero-order valence-electron chi connectivity index (χ0n) is 9.64. The number of fused-ring (bicyclic) bond motifs is 1. The van der Waals surface area contributed by atoms with Crippen molar-refractivity contribution in [2.45, 2.75) is 12.2 Å². The van der Waals surface area contributed by atoms with Gasteiger partial charge in [-0.1, -0.05) is 12.1 Å². The lowest BCUT2D eigenvalue weighted by Gasteiger charge is -2.27. The molecule has 1 N–H and O–H groups in total. The van der Waals surface area contributed by atoms with Crippen molar-refractivity contribution in [2.75, 3.05) is 19.8 Å². The van der Waals surface area contributed by atoms with E-state index in [-0.39, 0.29) is 6.10 Å². The Morgan fingerprint density at radius 3 is 3.06 bits per heavy atom. The summed E-state index contributed by atoms with van der Waals surface area (Å²) in [4.78, 5) is 0. The van der Waals surface area contributed by atoms with Crippen LogP contribution < -0.4 is 0 Å². The standard InChI is InChI=1S/C13H13BrO3S/c14-10-3-1-2-8-9(7-18-13(8)10)12(15)11-6-16-4-5-17-11/h1-3,7,11-12,15H,4-6H2. The molecule has 2 heterocycles. The fourth-order valence-corrected chi connectivity index (χ4v) is 3.81. The van der Waals surface area contributed by atoms with Gasteiger partial charge in [0.15, 0.2) is 0 Å². The third-order valence-corrected chi connectivity index (χ3v) is 5.06. The molecule has 5 heteroatoms. The van der Waals surface area contributed by atoms with Crippen LogP contribution in [0.1, 0.15) is 11.7 Å². The largest absolute Gasteiger partial charge is 0.386 e. The van der Waals surface area contributed by atoms with E-state index in [1.807, 2.05) is 23.6 Å². The maximum absolute atomic E-state index is 10.4. The van der Waals surface area contributed by atoms with E-state index < -0.39 is 6.10 Å². The van der Waals surface area contributed by atoms with Crippen LogP contribution in [-0.2, 0) is 9.47 Å². The molecule has 2 unspecified atom stereocenters. The minimum atomic E-state index is -0.631. The third kappa shape index (κ3) is 2.21. The quantitative estimate of drug-likeness (QED) is 0.920. The minimum Gasteiger partial charge on any atom is -0.386 e. The second-order valence-electron chi connectivity index (χ2n) is 4.24. The van der Waals surface area contributed by atoms with Crippen LogP contribution in [-0.4, -0.2) is 31.0 Å². The molecule has 96 valence electrons. The van der Waals surface area contributed by atoms with Gasteiger partial charge in [0.25, 0.3) is 0 Å². The molecule has 0 spiro atoms. The molecule has 0 amide bonds. The first kappa shape index (κ1) is 12.6. The third-order valence-electron chi connectivity index (χ3n) is 3.09. The molecule has 1 saturated heterocycles. The topological polar surface area (TPSA) is 38.7 Å². The van der Waals surface area contributed by atoms with Gasteiger partial charge in [-0.15, -0.1) is 11.3 Å². The maximum Gasteiger partial charge on any atom is 0.111 e. The highest BCUT2D eigenvalue weighted by Crippen LogP contribution is 2.36. The molecule has 3 nitrogen and oxygen atoms in total. The number of hydrogen-bond donors (Lipinski definition) is 1.